The minimum atomic E-state index is -0.325. The summed E-state index contributed by atoms with van der Waals surface area (Å²) in [6, 6.07) is 8.27. The molecule has 0 saturated carbocycles. The van der Waals surface area contributed by atoms with Crippen LogP contribution in [0.1, 0.15) is 17.2 Å². The van der Waals surface area contributed by atoms with Crippen molar-refractivity contribution >= 4 is 11.6 Å². The van der Waals surface area contributed by atoms with E-state index in [4.69, 9.17) is 17.3 Å². The number of nitrogens with zero attached hydrogens (tertiary/aromatic N) is 2. The smallest absolute Gasteiger partial charge is 0.129 e. The summed E-state index contributed by atoms with van der Waals surface area (Å²) in [5.74, 6) is -0.325. The second-order valence-corrected chi connectivity index (χ2v) is 5.06. The molecule has 0 aliphatic heterocycles. The molecule has 0 amide bonds. The molecule has 5 heteroatoms. The topological polar surface area (TPSA) is 42.2 Å². The fourth-order valence-corrected chi connectivity index (χ4v) is 2.52. The van der Waals surface area contributed by atoms with Crippen LogP contribution in [0.25, 0.3) is 0 Å². The lowest BCUT2D eigenvalue weighted by atomic mass is 10.0. The number of rotatable bonds is 5. The van der Waals surface area contributed by atoms with E-state index in [1.165, 1.54) is 6.07 Å². The monoisotopic (exact) mass is 293 g/mol. The number of halogens is 2. The molecule has 0 spiro atoms. The molecule has 0 aliphatic carbocycles. The molecule has 1 heterocycles. The first kappa shape index (κ1) is 14.9. The average Bonchev–Trinajstić information content (AvgIpc) is 2.44. The molecule has 20 heavy (non-hydrogen) atoms. The van der Waals surface area contributed by atoms with Gasteiger partial charge in [0.25, 0.3) is 0 Å². The van der Waals surface area contributed by atoms with Crippen LogP contribution in [-0.2, 0) is 6.54 Å². The van der Waals surface area contributed by atoms with Gasteiger partial charge in [0, 0.05) is 36.1 Å². The number of hydrogen-bond acceptors (Lipinski definition) is 3. The van der Waals surface area contributed by atoms with Gasteiger partial charge in [-0.1, -0.05) is 17.7 Å². The van der Waals surface area contributed by atoms with Crippen molar-refractivity contribution in [1.29, 1.82) is 0 Å². The zero-order valence-corrected chi connectivity index (χ0v) is 12.0. The van der Waals surface area contributed by atoms with Crippen LogP contribution >= 0.6 is 11.6 Å². The maximum Gasteiger partial charge on any atom is 0.129 e. The Balaban J connectivity index is 2.24. The van der Waals surface area contributed by atoms with Crippen LogP contribution in [0, 0.1) is 5.82 Å². The van der Waals surface area contributed by atoms with E-state index >= 15 is 0 Å². The third-order valence-corrected chi connectivity index (χ3v) is 3.60. The zero-order valence-electron chi connectivity index (χ0n) is 11.3. The lowest BCUT2D eigenvalue weighted by molar-refractivity contribution is 0.237. The van der Waals surface area contributed by atoms with E-state index in [2.05, 4.69) is 4.98 Å². The average molecular weight is 294 g/mol. The van der Waals surface area contributed by atoms with Crippen LogP contribution in [0.3, 0.4) is 0 Å². The fraction of sp³-hybridized carbons (Fsp3) is 0.267. The highest BCUT2D eigenvalue weighted by atomic mass is 35.5. The van der Waals surface area contributed by atoms with Gasteiger partial charge in [-0.05, 0) is 36.9 Å². The van der Waals surface area contributed by atoms with Crippen molar-refractivity contribution < 1.29 is 4.39 Å². The lowest BCUT2D eigenvalue weighted by Gasteiger charge is -2.28. The van der Waals surface area contributed by atoms with Gasteiger partial charge in [-0.2, -0.15) is 0 Å². The molecule has 0 saturated heterocycles. The summed E-state index contributed by atoms with van der Waals surface area (Å²) in [4.78, 5) is 5.97. The van der Waals surface area contributed by atoms with E-state index in [0.29, 0.717) is 23.7 Å². The first-order valence-electron chi connectivity index (χ1n) is 6.36. The summed E-state index contributed by atoms with van der Waals surface area (Å²) in [5.41, 5.74) is 7.36. The Morgan fingerprint density at radius 3 is 2.60 bits per heavy atom. The van der Waals surface area contributed by atoms with Gasteiger partial charge in [-0.25, -0.2) is 4.39 Å². The number of nitrogens with two attached hydrogens (primary N) is 1. The SMILES string of the molecule is CN(Cc1ccncc1)C(CN)c1c(F)cccc1Cl. The molecule has 106 valence electrons. The summed E-state index contributed by atoms with van der Waals surface area (Å²) in [6.45, 7) is 0.942. The molecular formula is C15H17ClFN3. The summed E-state index contributed by atoms with van der Waals surface area (Å²) >= 11 is 6.12. The number of hydrogen-bond donors (Lipinski definition) is 1. The Labute approximate surface area is 123 Å². The molecule has 1 aromatic carbocycles. The Morgan fingerprint density at radius 1 is 1.30 bits per heavy atom. The van der Waals surface area contributed by atoms with E-state index in [1.54, 1.807) is 24.5 Å². The molecule has 0 fully saturated rings. The predicted octanol–water partition coefficient (Wildman–Crippen LogP) is 3.01. The highest BCUT2D eigenvalue weighted by Crippen LogP contribution is 2.29. The van der Waals surface area contributed by atoms with E-state index in [9.17, 15) is 4.39 Å². The van der Waals surface area contributed by atoms with Crippen molar-refractivity contribution in [2.24, 2.45) is 5.73 Å². The maximum atomic E-state index is 14.0. The normalized spacial score (nSPS) is 12.7. The van der Waals surface area contributed by atoms with Gasteiger partial charge in [0.2, 0.25) is 0 Å². The van der Waals surface area contributed by atoms with Gasteiger partial charge in [0.15, 0.2) is 0 Å². The van der Waals surface area contributed by atoms with E-state index in [-0.39, 0.29) is 11.9 Å². The Bertz CT molecular complexity index is 542. The molecule has 1 aromatic heterocycles. The van der Waals surface area contributed by atoms with Crippen molar-refractivity contribution in [1.82, 2.24) is 9.88 Å². The highest BCUT2D eigenvalue weighted by Gasteiger charge is 2.21. The first-order valence-corrected chi connectivity index (χ1v) is 6.74. The highest BCUT2D eigenvalue weighted by molar-refractivity contribution is 6.31. The summed E-state index contributed by atoms with van der Waals surface area (Å²) in [5, 5.41) is 0.405. The number of benzene rings is 1. The molecular weight excluding hydrogens is 277 g/mol. The molecule has 1 unspecified atom stereocenters. The second-order valence-electron chi connectivity index (χ2n) is 4.66. The Kier molecular flexibility index (Phi) is 5.06. The van der Waals surface area contributed by atoms with Crippen LogP contribution < -0.4 is 5.73 Å². The van der Waals surface area contributed by atoms with Gasteiger partial charge in [0.1, 0.15) is 5.82 Å². The molecule has 0 bridgehead atoms. The molecule has 1 atom stereocenters. The van der Waals surface area contributed by atoms with Gasteiger partial charge < -0.3 is 5.73 Å². The number of pyridine rings is 1. The van der Waals surface area contributed by atoms with Gasteiger partial charge in [0.05, 0.1) is 6.04 Å². The fourth-order valence-electron chi connectivity index (χ4n) is 2.23. The first-order chi connectivity index (χ1) is 9.63. The Hall–Kier alpha value is -1.49. The van der Waals surface area contributed by atoms with Crippen LogP contribution in [0.5, 0.6) is 0 Å². The largest absolute Gasteiger partial charge is 0.329 e. The van der Waals surface area contributed by atoms with Gasteiger partial charge in [-0.15, -0.1) is 0 Å². The van der Waals surface area contributed by atoms with Gasteiger partial charge in [-0.3, -0.25) is 9.88 Å². The van der Waals surface area contributed by atoms with Crippen molar-refractivity contribution in [3.8, 4) is 0 Å². The number of likely N-dealkylation sites (N-methyl/N-ethyl adjacent to an activating group) is 1. The van der Waals surface area contributed by atoms with E-state index < -0.39 is 0 Å². The third-order valence-electron chi connectivity index (χ3n) is 3.27. The number of aromatic nitrogens is 1. The summed E-state index contributed by atoms with van der Waals surface area (Å²) < 4.78 is 14.0. The molecule has 0 aliphatic rings. The molecule has 2 rings (SSSR count). The molecule has 2 aromatic rings. The quantitative estimate of drug-likeness (QED) is 0.921. The standard InChI is InChI=1S/C15H17ClFN3/c1-20(10-11-5-7-19-8-6-11)14(9-18)15-12(16)3-2-4-13(15)17/h2-8,14H,9-10,18H2,1H3. The van der Waals surface area contributed by atoms with Crippen molar-refractivity contribution in [3.63, 3.8) is 0 Å². The predicted molar refractivity (Wildman–Crippen MR) is 78.9 cm³/mol. The minimum absolute atomic E-state index is 0.267. The van der Waals surface area contributed by atoms with Crippen molar-refractivity contribution in [2.45, 2.75) is 12.6 Å². The van der Waals surface area contributed by atoms with Crippen LogP contribution in [0.2, 0.25) is 5.02 Å². The van der Waals surface area contributed by atoms with Crippen molar-refractivity contribution in [3.05, 3.63) is 64.7 Å². The van der Waals surface area contributed by atoms with Crippen molar-refractivity contribution in [2.75, 3.05) is 13.6 Å². The summed E-state index contributed by atoms with van der Waals surface area (Å²) in [6.07, 6.45) is 3.47. The van der Waals surface area contributed by atoms with Gasteiger partial charge >= 0.3 is 0 Å². The summed E-state index contributed by atoms with van der Waals surface area (Å²) in [7, 11) is 1.90. The van der Waals surface area contributed by atoms with E-state index in [1.807, 2.05) is 24.1 Å². The Morgan fingerprint density at radius 2 is 2.00 bits per heavy atom. The minimum Gasteiger partial charge on any atom is -0.329 e. The molecule has 3 nitrogen and oxygen atoms in total. The third kappa shape index (κ3) is 3.33. The lowest BCUT2D eigenvalue weighted by Crippen LogP contribution is -2.31. The molecule has 0 radical (unpaired) electrons. The van der Waals surface area contributed by atoms with Crippen LogP contribution in [-0.4, -0.2) is 23.5 Å². The van der Waals surface area contributed by atoms with Crippen LogP contribution in [0.15, 0.2) is 42.7 Å². The molecule has 2 N–H and O–H groups in total. The maximum absolute atomic E-state index is 14.0. The zero-order chi connectivity index (χ0) is 14.5. The van der Waals surface area contributed by atoms with Crippen LogP contribution in [0.4, 0.5) is 4.39 Å². The second kappa shape index (κ2) is 6.79. The van der Waals surface area contributed by atoms with E-state index in [0.717, 1.165) is 5.56 Å².